The molecule has 2 aromatic rings. The predicted octanol–water partition coefficient (Wildman–Crippen LogP) is -0.194. The van der Waals surface area contributed by atoms with E-state index in [4.69, 9.17) is 10.5 Å². The molecule has 2 N–H and O–H groups in total. The van der Waals surface area contributed by atoms with Gasteiger partial charge in [-0.15, -0.1) is 0 Å². The van der Waals surface area contributed by atoms with Gasteiger partial charge in [0.15, 0.2) is 5.65 Å². The molecule has 2 bridgehead atoms. The first-order chi connectivity index (χ1) is 9.22. The highest BCUT2D eigenvalue weighted by atomic mass is 16.5. The van der Waals surface area contributed by atoms with Gasteiger partial charge in [0, 0.05) is 12.7 Å². The molecule has 0 aliphatic carbocycles. The molecule has 0 spiro atoms. The Bertz CT molecular complexity index is 667. The van der Waals surface area contributed by atoms with Gasteiger partial charge in [-0.3, -0.25) is 4.79 Å². The lowest BCUT2D eigenvalue weighted by Gasteiger charge is -2.27. The van der Waals surface area contributed by atoms with E-state index in [9.17, 15) is 4.79 Å². The maximum atomic E-state index is 11.3. The Morgan fingerprint density at radius 2 is 2.42 bits per heavy atom. The Kier molecular flexibility index (Phi) is 2.08. The topological polar surface area (TPSA) is 85.8 Å². The summed E-state index contributed by atoms with van der Waals surface area (Å²) in [4.78, 5) is 18.1. The zero-order valence-electron chi connectivity index (χ0n) is 10.2. The maximum Gasteiger partial charge on any atom is 0.254 e. The molecule has 4 rings (SSSR count). The Morgan fingerprint density at radius 1 is 1.53 bits per heavy atom. The van der Waals surface area contributed by atoms with E-state index in [0.29, 0.717) is 23.4 Å². The summed E-state index contributed by atoms with van der Waals surface area (Å²) in [7, 11) is 0. The van der Waals surface area contributed by atoms with Crippen molar-refractivity contribution in [2.45, 2.75) is 18.6 Å². The molecular weight excluding hydrogens is 246 g/mol. The number of nitrogens with two attached hydrogens (primary N) is 1. The Morgan fingerprint density at radius 3 is 3.11 bits per heavy atom. The number of hydrogen-bond donors (Lipinski definition) is 1. The van der Waals surface area contributed by atoms with Crippen LogP contribution in [0.15, 0.2) is 18.5 Å². The molecule has 2 aliphatic rings. The van der Waals surface area contributed by atoms with Crippen molar-refractivity contribution in [2.75, 3.05) is 18.1 Å². The van der Waals surface area contributed by atoms with Crippen molar-refractivity contribution in [3.8, 4) is 0 Å². The summed E-state index contributed by atoms with van der Waals surface area (Å²) in [6.45, 7) is 1.60. The van der Waals surface area contributed by atoms with Gasteiger partial charge >= 0.3 is 0 Å². The molecule has 1 amide bonds. The lowest BCUT2D eigenvalue weighted by atomic mass is 10.2. The molecule has 2 fully saturated rings. The van der Waals surface area contributed by atoms with Gasteiger partial charge in [0.05, 0.1) is 24.9 Å². The van der Waals surface area contributed by atoms with Gasteiger partial charge in [0.25, 0.3) is 5.91 Å². The third-order valence-electron chi connectivity index (χ3n) is 3.81. The molecule has 2 aliphatic heterocycles. The van der Waals surface area contributed by atoms with Crippen LogP contribution in [0, 0.1) is 0 Å². The van der Waals surface area contributed by atoms with Gasteiger partial charge in [-0.2, -0.15) is 5.10 Å². The van der Waals surface area contributed by atoms with Crippen LogP contribution < -0.4 is 10.6 Å². The number of morpholine rings is 1. The quantitative estimate of drug-likeness (QED) is 0.807. The average molecular weight is 259 g/mol. The first-order valence-corrected chi connectivity index (χ1v) is 6.25. The van der Waals surface area contributed by atoms with Crippen LogP contribution in [0.2, 0.25) is 0 Å². The van der Waals surface area contributed by atoms with Gasteiger partial charge in [0.2, 0.25) is 0 Å². The number of anilines is 1. The van der Waals surface area contributed by atoms with Crippen molar-refractivity contribution >= 4 is 17.4 Å². The van der Waals surface area contributed by atoms with Crippen LogP contribution in [-0.4, -0.2) is 45.8 Å². The normalized spacial score (nSPS) is 25.4. The highest BCUT2D eigenvalue weighted by Crippen LogP contribution is 2.31. The van der Waals surface area contributed by atoms with Crippen molar-refractivity contribution in [1.82, 2.24) is 14.6 Å². The minimum absolute atomic E-state index is 0.309. The van der Waals surface area contributed by atoms with Crippen molar-refractivity contribution in [1.29, 1.82) is 0 Å². The van der Waals surface area contributed by atoms with Gasteiger partial charge < -0.3 is 15.4 Å². The van der Waals surface area contributed by atoms with Gasteiger partial charge in [0.1, 0.15) is 11.4 Å². The number of ether oxygens (including phenoxy) is 1. The second kappa shape index (κ2) is 3.67. The molecule has 4 heterocycles. The van der Waals surface area contributed by atoms with Crippen molar-refractivity contribution in [3.05, 3.63) is 24.0 Å². The van der Waals surface area contributed by atoms with Crippen LogP contribution in [0.4, 0.5) is 5.82 Å². The Labute approximate surface area is 109 Å². The number of nitrogens with zero attached hydrogens (tertiary/aromatic N) is 4. The summed E-state index contributed by atoms with van der Waals surface area (Å²) in [5, 5.41) is 4.07. The van der Waals surface area contributed by atoms with E-state index in [2.05, 4.69) is 15.0 Å². The van der Waals surface area contributed by atoms with Crippen LogP contribution in [-0.2, 0) is 4.74 Å². The third kappa shape index (κ3) is 1.51. The zero-order valence-corrected chi connectivity index (χ0v) is 10.2. The van der Waals surface area contributed by atoms with Crippen LogP contribution in [0.3, 0.4) is 0 Å². The van der Waals surface area contributed by atoms with Crippen molar-refractivity contribution in [2.24, 2.45) is 5.73 Å². The SMILES string of the molecule is NC(=O)c1cnn2ccc(N3CC4CC3CO4)nc12. The standard InChI is InChI=1S/C12H13N5O2/c13-11(18)9-4-14-17-2-1-10(15-12(9)17)16-5-8-3-7(16)6-19-8/h1-2,4,7-8H,3,5-6H2,(H2,13,18). The summed E-state index contributed by atoms with van der Waals surface area (Å²) >= 11 is 0. The van der Waals surface area contributed by atoms with Gasteiger partial charge in [-0.05, 0) is 12.5 Å². The molecule has 0 saturated carbocycles. The number of fused-ring (bicyclic) bond motifs is 3. The molecule has 19 heavy (non-hydrogen) atoms. The fourth-order valence-electron chi connectivity index (χ4n) is 2.87. The van der Waals surface area contributed by atoms with Crippen molar-refractivity contribution < 1.29 is 9.53 Å². The number of amides is 1. The number of hydrogen-bond acceptors (Lipinski definition) is 5. The molecule has 2 saturated heterocycles. The zero-order chi connectivity index (χ0) is 13.0. The summed E-state index contributed by atoms with van der Waals surface area (Å²) in [6.07, 6.45) is 4.61. The molecule has 0 aromatic carbocycles. The van der Waals surface area contributed by atoms with Crippen molar-refractivity contribution in [3.63, 3.8) is 0 Å². The van der Waals surface area contributed by atoms with Crippen LogP contribution in [0.5, 0.6) is 0 Å². The smallest absolute Gasteiger partial charge is 0.254 e. The Balaban J connectivity index is 1.79. The molecule has 2 atom stereocenters. The van der Waals surface area contributed by atoms with E-state index >= 15 is 0 Å². The van der Waals surface area contributed by atoms with E-state index in [1.165, 1.54) is 6.20 Å². The van der Waals surface area contributed by atoms with E-state index in [1.54, 1.807) is 10.7 Å². The molecule has 2 aromatic heterocycles. The molecule has 2 unspecified atom stereocenters. The minimum atomic E-state index is -0.508. The van der Waals surface area contributed by atoms with Gasteiger partial charge in [-0.25, -0.2) is 9.50 Å². The maximum absolute atomic E-state index is 11.3. The number of aromatic nitrogens is 3. The number of carbonyl (C=O) groups excluding carboxylic acids is 1. The average Bonchev–Trinajstić information content (AvgIpc) is 3.12. The fraction of sp³-hybridized carbons (Fsp3) is 0.417. The van der Waals surface area contributed by atoms with Crippen LogP contribution in [0.1, 0.15) is 16.8 Å². The Hall–Kier alpha value is -2.15. The second-order valence-corrected chi connectivity index (χ2v) is 4.97. The van der Waals surface area contributed by atoms with E-state index in [-0.39, 0.29) is 0 Å². The number of rotatable bonds is 2. The molecule has 7 nitrogen and oxygen atoms in total. The van der Waals surface area contributed by atoms with E-state index in [1.807, 2.05) is 6.07 Å². The largest absolute Gasteiger partial charge is 0.374 e. The lowest BCUT2D eigenvalue weighted by molar-refractivity contribution is 0.0987. The first kappa shape index (κ1) is 10.7. The summed E-state index contributed by atoms with van der Waals surface area (Å²) in [5.41, 5.74) is 6.18. The highest BCUT2D eigenvalue weighted by molar-refractivity contribution is 5.98. The number of primary amides is 1. The first-order valence-electron chi connectivity index (χ1n) is 6.25. The predicted molar refractivity (Wildman–Crippen MR) is 67.0 cm³/mol. The van der Waals surface area contributed by atoms with Crippen LogP contribution >= 0.6 is 0 Å². The summed E-state index contributed by atoms with van der Waals surface area (Å²) in [5.74, 6) is 0.345. The molecule has 7 heteroatoms. The molecular formula is C12H13N5O2. The summed E-state index contributed by atoms with van der Waals surface area (Å²) in [6, 6.07) is 2.30. The minimum Gasteiger partial charge on any atom is -0.374 e. The molecule has 98 valence electrons. The monoisotopic (exact) mass is 259 g/mol. The van der Waals surface area contributed by atoms with Crippen LogP contribution in [0.25, 0.3) is 5.65 Å². The lowest BCUT2D eigenvalue weighted by Crippen LogP contribution is -2.37. The fourth-order valence-corrected chi connectivity index (χ4v) is 2.87. The van der Waals surface area contributed by atoms with E-state index in [0.717, 1.165) is 25.4 Å². The number of carbonyl (C=O) groups is 1. The summed E-state index contributed by atoms with van der Waals surface area (Å²) < 4.78 is 7.14. The van der Waals surface area contributed by atoms with Gasteiger partial charge in [-0.1, -0.05) is 0 Å². The second-order valence-electron chi connectivity index (χ2n) is 4.97. The molecule has 0 radical (unpaired) electrons. The van der Waals surface area contributed by atoms with E-state index < -0.39 is 5.91 Å². The highest BCUT2D eigenvalue weighted by Gasteiger charge is 2.39. The third-order valence-corrected chi connectivity index (χ3v) is 3.81.